The molecule has 1 atom stereocenters. The monoisotopic (exact) mass is 366 g/mol. The van der Waals surface area contributed by atoms with Gasteiger partial charge in [-0.25, -0.2) is 0 Å². The molecule has 1 saturated heterocycles. The smallest absolute Gasteiger partial charge is 0.417 e. The van der Waals surface area contributed by atoms with Gasteiger partial charge in [-0.15, -0.1) is 0 Å². The van der Waals surface area contributed by atoms with Gasteiger partial charge in [0.05, 0.1) is 17.7 Å². The van der Waals surface area contributed by atoms with Gasteiger partial charge in [0.2, 0.25) is 0 Å². The van der Waals surface area contributed by atoms with Crippen molar-refractivity contribution in [3.63, 3.8) is 0 Å². The lowest BCUT2D eigenvalue weighted by Gasteiger charge is -2.18. The average molecular weight is 366 g/mol. The van der Waals surface area contributed by atoms with E-state index in [1.807, 2.05) is 0 Å². The Balaban J connectivity index is 2.66. The van der Waals surface area contributed by atoms with Crippen LogP contribution in [0.25, 0.3) is 0 Å². The molecule has 0 aromatic heterocycles. The quantitative estimate of drug-likeness (QED) is 0.504. The third-order valence-corrected chi connectivity index (χ3v) is 3.73. The first-order chi connectivity index (χ1) is 10.3. The molecule has 0 aliphatic carbocycles. The summed E-state index contributed by atoms with van der Waals surface area (Å²) in [5.74, 6) is -0.840. The summed E-state index contributed by atoms with van der Waals surface area (Å²) in [6.45, 7) is -0.0405. The minimum atomic E-state index is -5.79. The Bertz CT molecular complexity index is 670. The summed E-state index contributed by atoms with van der Waals surface area (Å²) in [4.78, 5) is -2.26. The van der Waals surface area contributed by atoms with Gasteiger partial charge in [0.1, 0.15) is 23.4 Å². The van der Waals surface area contributed by atoms with Crippen LogP contribution in [0, 0.1) is 0 Å². The Morgan fingerprint density at radius 2 is 1.57 bits per heavy atom. The molecule has 23 heavy (non-hydrogen) atoms. The van der Waals surface area contributed by atoms with Crippen LogP contribution < -0.4 is 4.74 Å². The summed E-state index contributed by atoms with van der Waals surface area (Å²) in [5, 5.41) is 0. The van der Waals surface area contributed by atoms with Crippen LogP contribution in [0.5, 0.6) is 5.75 Å². The number of halogens is 6. The Morgan fingerprint density at radius 1 is 1.13 bits per heavy atom. The SMILES string of the molecule is O=S(=O)(O)c1c(C(F)(F)F)cc(OCC2CO2)cc1C(F)(F)F. The number of epoxide rings is 1. The first kappa shape index (κ1) is 17.8. The molecule has 1 fully saturated rings. The van der Waals surface area contributed by atoms with Crippen molar-refractivity contribution >= 4 is 10.1 Å². The second-order valence-corrected chi connectivity index (χ2v) is 5.94. The minimum Gasteiger partial charge on any atom is -0.491 e. The predicted octanol–water partition coefficient (Wildman–Crippen LogP) is 2.75. The molecule has 2 rings (SSSR count). The van der Waals surface area contributed by atoms with Crippen molar-refractivity contribution in [1.29, 1.82) is 0 Å². The standard InChI is InChI=1S/C11H8F6O5S/c12-10(13,14)7-1-5(21-3-6-4-22-6)2-8(11(15,16)17)9(7)23(18,19)20/h1-2,6H,3-4H2,(H,18,19,20). The first-order valence-corrected chi connectivity index (χ1v) is 7.28. The predicted molar refractivity (Wildman–Crippen MR) is 61.5 cm³/mol. The van der Waals surface area contributed by atoms with E-state index in [0.717, 1.165) is 0 Å². The van der Waals surface area contributed by atoms with Crippen LogP contribution in [0.4, 0.5) is 26.3 Å². The van der Waals surface area contributed by atoms with Gasteiger partial charge in [-0.1, -0.05) is 0 Å². The molecule has 1 unspecified atom stereocenters. The summed E-state index contributed by atoms with van der Waals surface area (Å²) < 4.78 is 118. The second-order valence-electron chi connectivity index (χ2n) is 4.58. The van der Waals surface area contributed by atoms with E-state index >= 15 is 0 Å². The van der Waals surface area contributed by atoms with E-state index in [2.05, 4.69) is 0 Å². The van der Waals surface area contributed by atoms with E-state index in [-0.39, 0.29) is 25.3 Å². The summed E-state index contributed by atoms with van der Waals surface area (Å²) in [7, 11) is -5.79. The van der Waals surface area contributed by atoms with Crippen LogP contribution in [-0.2, 0) is 27.2 Å². The van der Waals surface area contributed by atoms with Gasteiger partial charge in [0.25, 0.3) is 10.1 Å². The first-order valence-electron chi connectivity index (χ1n) is 5.84. The molecule has 0 saturated carbocycles. The average Bonchev–Trinajstić information content (AvgIpc) is 3.15. The van der Waals surface area contributed by atoms with Gasteiger partial charge in [0, 0.05) is 0 Å². The molecule has 5 nitrogen and oxygen atoms in total. The molecule has 0 spiro atoms. The Morgan fingerprint density at radius 3 is 1.87 bits per heavy atom. The lowest BCUT2D eigenvalue weighted by Crippen LogP contribution is -2.20. The Kier molecular flexibility index (Phi) is 4.28. The zero-order valence-corrected chi connectivity index (χ0v) is 11.7. The lowest BCUT2D eigenvalue weighted by atomic mass is 10.1. The second kappa shape index (κ2) is 5.53. The molecular weight excluding hydrogens is 358 g/mol. The van der Waals surface area contributed by atoms with Crippen LogP contribution in [0.15, 0.2) is 17.0 Å². The lowest BCUT2D eigenvalue weighted by molar-refractivity contribution is -0.147. The summed E-state index contributed by atoms with van der Waals surface area (Å²) in [6, 6.07) is 0.168. The molecule has 1 aliphatic rings. The third kappa shape index (κ3) is 4.26. The Hall–Kier alpha value is -1.53. The van der Waals surface area contributed by atoms with Gasteiger partial charge in [-0.3, -0.25) is 4.55 Å². The van der Waals surface area contributed by atoms with E-state index in [9.17, 15) is 34.8 Å². The van der Waals surface area contributed by atoms with E-state index in [1.165, 1.54) is 0 Å². The van der Waals surface area contributed by atoms with Gasteiger partial charge in [-0.05, 0) is 12.1 Å². The largest absolute Gasteiger partial charge is 0.491 e. The molecule has 0 bridgehead atoms. The molecule has 1 N–H and O–H groups in total. The highest BCUT2D eigenvalue weighted by Gasteiger charge is 2.45. The van der Waals surface area contributed by atoms with Crippen molar-refractivity contribution < 1.29 is 48.8 Å². The van der Waals surface area contributed by atoms with E-state index < -0.39 is 50.3 Å². The fourth-order valence-electron chi connectivity index (χ4n) is 1.74. The molecule has 0 amide bonds. The fourth-order valence-corrected chi connectivity index (χ4v) is 2.64. The molecular formula is C11H8F6O5S. The van der Waals surface area contributed by atoms with E-state index in [4.69, 9.17) is 14.0 Å². The molecule has 1 aromatic carbocycles. The van der Waals surface area contributed by atoms with Crippen molar-refractivity contribution in [2.24, 2.45) is 0 Å². The molecule has 130 valence electrons. The minimum absolute atomic E-state index is 0.0841. The van der Waals surface area contributed by atoms with Crippen LogP contribution in [0.2, 0.25) is 0 Å². The van der Waals surface area contributed by atoms with Crippen LogP contribution in [-0.4, -0.2) is 32.3 Å². The van der Waals surface area contributed by atoms with Crippen molar-refractivity contribution in [3.8, 4) is 5.75 Å². The van der Waals surface area contributed by atoms with Crippen molar-refractivity contribution in [3.05, 3.63) is 23.3 Å². The van der Waals surface area contributed by atoms with Crippen molar-refractivity contribution in [1.82, 2.24) is 0 Å². The maximum absolute atomic E-state index is 12.9. The number of alkyl halides is 6. The van der Waals surface area contributed by atoms with Crippen LogP contribution in [0.1, 0.15) is 11.1 Å². The number of benzene rings is 1. The van der Waals surface area contributed by atoms with Crippen molar-refractivity contribution in [2.45, 2.75) is 23.4 Å². The number of hydrogen-bond donors (Lipinski definition) is 1. The van der Waals surface area contributed by atoms with E-state index in [0.29, 0.717) is 0 Å². The number of ether oxygens (including phenoxy) is 2. The summed E-state index contributed by atoms with van der Waals surface area (Å²) in [6.07, 6.45) is -11.4. The molecule has 1 aliphatic heterocycles. The maximum Gasteiger partial charge on any atom is 0.417 e. The summed E-state index contributed by atoms with van der Waals surface area (Å²) >= 11 is 0. The van der Waals surface area contributed by atoms with Crippen molar-refractivity contribution in [2.75, 3.05) is 13.2 Å². The highest BCUT2D eigenvalue weighted by molar-refractivity contribution is 7.86. The highest BCUT2D eigenvalue weighted by Crippen LogP contribution is 2.44. The third-order valence-electron chi connectivity index (χ3n) is 2.77. The summed E-state index contributed by atoms with van der Waals surface area (Å²) in [5.41, 5.74) is -4.33. The van der Waals surface area contributed by atoms with Gasteiger partial charge < -0.3 is 9.47 Å². The maximum atomic E-state index is 12.9. The van der Waals surface area contributed by atoms with Gasteiger partial charge in [-0.2, -0.15) is 34.8 Å². The fraction of sp³-hybridized carbons (Fsp3) is 0.455. The molecule has 0 radical (unpaired) electrons. The zero-order valence-electron chi connectivity index (χ0n) is 10.9. The zero-order chi connectivity index (χ0) is 17.6. The van der Waals surface area contributed by atoms with Gasteiger partial charge in [0.15, 0.2) is 0 Å². The number of hydrogen-bond acceptors (Lipinski definition) is 4. The molecule has 1 aromatic rings. The Labute approximate surface area is 125 Å². The van der Waals surface area contributed by atoms with Gasteiger partial charge >= 0.3 is 12.4 Å². The molecule has 12 heteroatoms. The number of rotatable bonds is 4. The van der Waals surface area contributed by atoms with E-state index in [1.54, 1.807) is 0 Å². The normalized spacial score (nSPS) is 18.8. The molecule has 1 heterocycles. The van der Waals surface area contributed by atoms with Crippen LogP contribution in [0.3, 0.4) is 0 Å². The topological polar surface area (TPSA) is 76.1 Å². The van der Waals surface area contributed by atoms with Crippen LogP contribution >= 0.6 is 0 Å². The highest BCUT2D eigenvalue weighted by atomic mass is 32.2.